The number of benzene rings is 2. The van der Waals surface area contributed by atoms with Crippen molar-refractivity contribution in [2.75, 3.05) is 21.3 Å². The van der Waals surface area contributed by atoms with Crippen molar-refractivity contribution in [1.82, 2.24) is 0 Å². The lowest BCUT2D eigenvalue weighted by Gasteiger charge is -2.26. The number of aryl methyl sites for hydroxylation is 1. The molecule has 0 aliphatic heterocycles. The van der Waals surface area contributed by atoms with Gasteiger partial charge in [0.15, 0.2) is 11.5 Å². The topological polar surface area (TPSA) is 68.2 Å². The molecule has 5 nitrogen and oxygen atoms in total. The Hall–Kier alpha value is -2.56. The second-order valence-electron chi connectivity index (χ2n) is 5.14. The first-order valence-corrected chi connectivity index (χ1v) is 6.98. The first-order valence-electron chi connectivity index (χ1n) is 6.98. The molecule has 0 saturated carbocycles. The Morgan fingerprint density at radius 2 is 1.50 bits per heavy atom. The molecular weight excluding hydrogens is 284 g/mol. The van der Waals surface area contributed by atoms with Crippen molar-refractivity contribution in [2.45, 2.75) is 12.8 Å². The summed E-state index contributed by atoms with van der Waals surface area (Å²) in [7, 11) is 4.66. The zero-order valence-corrected chi connectivity index (χ0v) is 12.8. The van der Waals surface area contributed by atoms with E-state index in [1.54, 1.807) is 21.3 Å². The zero-order chi connectivity index (χ0) is 15.9. The smallest absolute Gasteiger partial charge is 0.203 e. The van der Waals surface area contributed by atoms with Gasteiger partial charge in [0.2, 0.25) is 5.75 Å². The van der Waals surface area contributed by atoms with Gasteiger partial charge in [-0.1, -0.05) is 0 Å². The molecule has 0 fully saturated rings. The van der Waals surface area contributed by atoms with Gasteiger partial charge in [0.25, 0.3) is 0 Å². The number of fused-ring (bicyclic) bond motifs is 3. The summed E-state index contributed by atoms with van der Waals surface area (Å²) >= 11 is 0. The second-order valence-corrected chi connectivity index (χ2v) is 5.14. The third kappa shape index (κ3) is 1.93. The van der Waals surface area contributed by atoms with E-state index in [0.29, 0.717) is 29.2 Å². The van der Waals surface area contributed by atoms with Crippen LogP contribution >= 0.6 is 0 Å². The second kappa shape index (κ2) is 5.33. The molecule has 0 radical (unpaired) electrons. The minimum absolute atomic E-state index is 0.110. The lowest BCUT2D eigenvalue weighted by atomic mass is 9.83. The van der Waals surface area contributed by atoms with E-state index in [9.17, 15) is 10.2 Å². The highest BCUT2D eigenvalue weighted by molar-refractivity contribution is 5.87. The number of aromatic hydroxyl groups is 2. The van der Waals surface area contributed by atoms with Gasteiger partial charge in [-0.15, -0.1) is 0 Å². The van der Waals surface area contributed by atoms with E-state index in [2.05, 4.69) is 0 Å². The van der Waals surface area contributed by atoms with Gasteiger partial charge < -0.3 is 24.4 Å². The molecule has 0 spiro atoms. The molecule has 3 rings (SSSR count). The summed E-state index contributed by atoms with van der Waals surface area (Å²) in [6.07, 6.45) is 1.36. The normalized spacial score (nSPS) is 12.3. The molecule has 22 heavy (non-hydrogen) atoms. The standard InChI is InChI=1S/C17H18O5/c1-20-13-8-9-4-5-10-11(18)6-7-12(19)15(10)14(9)17(22-3)16(13)21-2/h6-8,18-19H,4-5H2,1-3H3. The number of ether oxygens (including phenoxy) is 3. The van der Waals surface area contributed by atoms with E-state index >= 15 is 0 Å². The van der Waals surface area contributed by atoms with Crippen LogP contribution < -0.4 is 14.2 Å². The van der Waals surface area contributed by atoms with Crippen molar-refractivity contribution in [3.8, 4) is 39.9 Å². The van der Waals surface area contributed by atoms with Crippen LogP contribution in [0.3, 0.4) is 0 Å². The van der Waals surface area contributed by atoms with Crippen molar-refractivity contribution in [3.05, 3.63) is 29.3 Å². The fourth-order valence-electron chi connectivity index (χ4n) is 3.09. The largest absolute Gasteiger partial charge is 0.508 e. The Bertz CT molecular complexity index is 737. The van der Waals surface area contributed by atoms with Crippen molar-refractivity contribution >= 4 is 0 Å². The van der Waals surface area contributed by atoms with Crippen LogP contribution in [0.1, 0.15) is 11.1 Å². The molecule has 0 bridgehead atoms. The van der Waals surface area contributed by atoms with Crippen LogP contribution in [0, 0.1) is 0 Å². The number of methoxy groups -OCH3 is 3. The van der Waals surface area contributed by atoms with E-state index in [1.165, 1.54) is 12.1 Å². The first-order chi connectivity index (χ1) is 10.6. The lowest BCUT2D eigenvalue weighted by Crippen LogP contribution is -2.08. The monoisotopic (exact) mass is 302 g/mol. The summed E-state index contributed by atoms with van der Waals surface area (Å²) < 4.78 is 16.3. The van der Waals surface area contributed by atoms with Crippen LogP contribution in [0.4, 0.5) is 0 Å². The van der Waals surface area contributed by atoms with Crippen LogP contribution in [0.25, 0.3) is 11.1 Å². The third-order valence-electron chi connectivity index (χ3n) is 4.07. The average Bonchev–Trinajstić information content (AvgIpc) is 2.55. The van der Waals surface area contributed by atoms with E-state index in [0.717, 1.165) is 23.1 Å². The number of phenolic OH excluding ortho intramolecular Hbond substituents is 2. The van der Waals surface area contributed by atoms with Gasteiger partial charge >= 0.3 is 0 Å². The van der Waals surface area contributed by atoms with Crippen molar-refractivity contribution in [1.29, 1.82) is 0 Å². The molecule has 0 amide bonds. The highest BCUT2D eigenvalue weighted by Gasteiger charge is 2.29. The molecule has 0 unspecified atom stereocenters. The number of phenols is 2. The van der Waals surface area contributed by atoms with Gasteiger partial charge in [-0.3, -0.25) is 0 Å². The molecule has 1 aliphatic carbocycles. The fourth-order valence-corrected chi connectivity index (χ4v) is 3.09. The van der Waals surface area contributed by atoms with Gasteiger partial charge in [-0.05, 0) is 36.6 Å². The van der Waals surface area contributed by atoms with Gasteiger partial charge in [0, 0.05) is 16.7 Å². The molecule has 0 saturated heterocycles. The quantitative estimate of drug-likeness (QED) is 0.853. The van der Waals surface area contributed by atoms with Gasteiger partial charge in [-0.2, -0.15) is 0 Å². The predicted molar refractivity (Wildman–Crippen MR) is 82.3 cm³/mol. The SMILES string of the molecule is COc1cc2c(c(OC)c1OC)-c1c(O)ccc(O)c1CC2. The average molecular weight is 302 g/mol. The molecule has 116 valence electrons. The maximum absolute atomic E-state index is 10.3. The van der Waals surface area contributed by atoms with Crippen LogP contribution in [-0.2, 0) is 12.8 Å². The summed E-state index contributed by atoms with van der Waals surface area (Å²) in [4.78, 5) is 0. The molecule has 2 aromatic carbocycles. The molecule has 0 atom stereocenters. The van der Waals surface area contributed by atoms with Gasteiger partial charge in [-0.25, -0.2) is 0 Å². The fraction of sp³-hybridized carbons (Fsp3) is 0.294. The zero-order valence-electron chi connectivity index (χ0n) is 12.8. The summed E-state index contributed by atoms with van der Waals surface area (Å²) in [5, 5.41) is 20.4. The van der Waals surface area contributed by atoms with E-state index in [1.807, 2.05) is 6.07 Å². The molecule has 5 heteroatoms. The maximum atomic E-state index is 10.3. The summed E-state index contributed by atoms with van der Waals surface area (Å²) in [6, 6.07) is 4.88. The lowest BCUT2D eigenvalue weighted by molar-refractivity contribution is 0.324. The minimum Gasteiger partial charge on any atom is -0.508 e. The van der Waals surface area contributed by atoms with Crippen molar-refractivity contribution in [2.24, 2.45) is 0 Å². The Kier molecular flexibility index (Phi) is 3.48. The van der Waals surface area contributed by atoms with E-state index in [4.69, 9.17) is 14.2 Å². The molecule has 2 aromatic rings. The summed E-state index contributed by atoms with van der Waals surface area (Å²) in [6.45, 7) is 0. The van der Waals surface area contributed by atoms with Crippen LogP contribution in [0.5, 0.6) is 28.7 Å². The first kappa shape index (κ1) is 14.4. The minimum atomic E-state index is 0.110. The van der Waals surface area contributed by atoms with E-state index < -0.39 is 0 Å². The molecule has 0 heterocycles. The number of hydrogen-bond acceptors (Lipinski definition) is 5. The Morgan fingerprint density at radius 3 is 2.14 bits per heavy atom. The maximum Gasteiger partial charge on any atom is 0.203 e. The summed E-state index contributed by atoms with van der Waals surface area (Å²) in [5.74, 6) is 1.84. The predicted octanol–water partition coefficient (Wildman–Crippen LogP) is 2.89. The Morgan fingerprint density at radius 1 is 0.818 bits per heavy atom. The number of hydrogen-bond donors (Lipinski definition) is 2. The van der Waals surface area contributed by atoms with Gasteiger partial charge in [0.1, 0.15) is 11.5 Å². The van der Waals surface area contributed by atoms with Crippen molar-refractivity contribution < 1.29 is 24.4 Å². The Balaban J connectivity index is 2.40. The van der Waals surface area contributed by atoms with Gasteiger partial charge in [0.05, 0.1) is 21.3 Å². The van der Waals surface area contributed by atoms with Crippen molar-refractivity contribution in [3.63, 3.8) is 0 Å². The van der Waals surface area contributed by atoms with Crippen LogP contribution in [0.2, 0.25) is 0 Å². The highest BCUT2D eigenvalue weighted by Crippen LogP contribution is 2.53. The highest BCUT2D eigenvalue weighted by atomic mass is 16.5. The molecule has 2 N–H and O–H groups in total. The van der Waals surface area contributed by atoms with Crippen LogP contribution in [0.15, 0.2) is 18.2 Å². The van der Waals surface area contributed by atoms with Crippen LogP contribution in [-0.4, -0.2) is 31.5 Å². The summed E-state index contributed by atoms with van der Waals surface area (Å²) in [5.41, 5.74) is 3.05. The molecular formula is C17H18O5. The van der Waals surface area contributed by atoms with E-state index in [-0.39, 0.29) is 11.5 Å². The number of rotatable bonds is 3. The molecule has 1 aliphatic rings. The Labute approximate surface area is 128 Å². The molecule has 0 aromatic heterocycles. The third-order valence-corrected chi connectivity index (χ3v) is 4.07.